The molecule has 1 rings (SSSR count). The predicted octanol–water partition coefficient (Wildman–Crippen LogP) is -0.694. The lowest BCUT2D eigenvalue weighted by Crippen LogP contribution is -2.55. The standard InChI is InChI=1S/C7H16N2O/c1-6-2-3-9-5-7(6,10)4-8/h6,9-10H,2-5,8H2,1H3. The fourth-order valence-corrected chi connectivity index (χ4v) is 1.34. The van der Waals surface area contributed by atoms with Gasteiger partial charge in [0.05, 0.1) is 5.60 Å². The summed E-state index contributed by atoms with van der Waals surface area (Å²) in [5.41, 5.74) is 4.78. The Morgan fingerprint density at radius 1 is 1.80 bits per heavy atom. The zero-order valence-corrected chi connectivity index (χ0v) is 6.43. The van der Waals surface area contributed by atoms with Gasteiger partial charge in [-0.1, -0.05) is 6.92 Å². The number of rotatable bonds is 1. The lowest BCUT2D eigenvalue weighted by molar-refractivity contribution is -0.0204. The van der Waals surface area contributed by atoms with Crippen LogP contribution in [0.3, 0.4) is 0 Å². The van der Waals surface area contributed by atoms with E-state index < -0.39 is 5.60 Å². The van der Waals surface area contributed by atoms with E-state index in [1.54, 1.807) is 0 Å². The highest BCUT2D eigenvalue weighted by Gasteiger charge is 2.34. The van der Waals surface area contributed by atoms with Gasteiger partial charge in [0, 0.05) is 13.1 Å². The van der Waals surface area contributed by atoms with E-state index >= 15 is 0 Å². The SMILES string of the molecule is CC1CCNCC1(O)CN. The molecule has 0 radical (unpaired) electrons. The number of β-amino-alcohol motifs (C(OH)–C–C–N with tert-alkyl or cyclic N) is 1. The molecule has 1 fully saturated rings. The number of hydrogen-bond acceptors (Lipinski definition) is 3. The van der Waals surface area contributed by atoms with Gasteiger partial charge in [-0.15, -0.1) is 0 Å². The number of piperidine rings is 1. The third kappa shape index (κ3) is 1.31. The van der Waals surface area contributed by atoms with E-state index in [9.17, 15) is 5.11 Å². The van der Waals surface area contributed by atoms with Crippen molar-refractivity contribution < 1.29 is 5.11 Å². The molecular formula is C7H16N2O. The molecule has 1 aliphatic rings. The van der Waals surface area contributed by atoms with E-state index in [1.807, 2.05) is 6.92 Å². The summed E-state index contributed by atoms with van der Waals surface area (Å²) in [6.45, 7) is 4.06. The summed E-state index contributed by atoms with van der Waals surface area (Å²) in [7, 11) is 0. The molecule has 3 nitrogen and oxygen atoms in total. The Morgan fingerprint density at radius 2 is 2.50 bits per heavy atom. The van der Waals surface area contributed by atoms with E-state index in [-0.39, 0.29) is 0 Å². The molecule has 1 saturated heterocycles. The predicted molar refractivity (Wildman–Crippen MR) is 40.7 cm³/mol. The number of nitrogens with one attached hydrogen (secondary N) is 1. The van der Waals surface area contributed by atoms with Gasteiger partial charge < -0.3 is 16.2 Å². The molecule has 0 saturated carbocycles. The normalized spacial score (nSPS) is 41.7. The van der Waals surface area contributed by atoms with Crippen LogP contribution >= 0.6 is 0 Å². The maximum Gasteiger partial charge on any atom is 0.0918 e. The highest BCUT2D eigenvalue weighted by molar-refractivity contribution is 4.90. The fraction of sp³-hybridized carbons (Fsp3) is 1.00. The van der Waals surface area contributed by atoms with Crippen molar-refractivity contribution in [3.63, 3.8) is 0 Å². The lowest BCUT2D eigenvalue weighted by Gasteiger charge is -2.37. The van der Waals surface area contributed by atoms with Gasteiger partial charge in [-0.25, -0.2) is 0 Å². The van der Waals surface area contributed by atoms with E-state index in [0.29, 0.717) is 19.0 Å². The van der Waals surface area contributed by atoms with Gasteiger partial charge in [-0.3, -0.25) is 0 Å². The molecular weight excluding hydrogens is 128 g/mol. The number of hydrogen-bond donors (Lipinski definition) is 3. The molecule has 2 atom stereocenters. The van der Waals surface area contributed by atoms with Gasteiger partial charge in [-0.2, -0.15) is 0 Å². The average molecular weight is 144 g/mol. The molecule has 2 unspecified atom stereocenters. The van der Waals surface area contributed by atoms with Crippen molar-refractivity contribution in [3.8, 4) is 0 Å². The van der Waals surface area contributed by atoms with Crippen LogP contribution in [0.25, 0.3) is 0 Å². The van der Waals surface area contributed by atoms with Gasteiger partial charge >= 0.3 is 0 Å². The zero-order valence-electron chi connectivity index (χ0n) is 6.43. The summed E-state index contributed by atoms with van der Waals surface area (Å²) < 4.78 is 0. The second-order valence-electron chi connectivity index (χ2n) is 3.17. The Labute approximate surface area is 61.6 Å². The van der Waals surface area contributed by atoms with E-state index in [4.69, 9.17) is 5.73 Å². The van der Waals surface area contributed by atoms with Gasteiger partial charge in [0.2, 0.25) is 0 Å². The third-order valence-electron chi connectivity index (χ3n) is 2.46. The van der Waals surface area contributed by atoms with Crippen molar-refractivity contribution in [3.05, 3.63) is 0 Å². The lowest BCUT2D eigenvalue weighted by atomic mass is 9.84. The second kappa shape index (κ2) is 2.86. The summed E-state index contributed by atoms with van der Waals surface area (Å²) in [5.74, 6) is 0.332. The number of aliphatic hydroxyl groups is 1. The minimum absolute atomic E-state index is 0.332. The topological polar surface area (TPSA) is 58.3 Å². The molecule has 0 aromatic heterocycles. The Balaban J connectivity index is 2.54. The van der Waals surface area contributed by atoms with Crippen molar-refractivity contribution in [2.75, 3.05) is 19.6 Å². The minimum atomic E-state index is -0.655. The van der Waals surface area contributed by atoms with Crippen LogP contribution < -0.4 is 11.1 Å². The third-order valence-corrected chi connectivity index (χ3v) is 2.46. The minimum Gasteiger partial charge on any atom is -0.387 e. The van der Waals surface area contributed by atoms with Gasteiger partial charge in [0.25, 0.3) is 0 Å². The van der Waals surface area contributed by atoms with Crippen molar-refractivity contribution >= 4 is 0 Å². The Kier molecular flexibility index (Phi) is 2.28. The summed E-state index contributed by atoms with van der Waals surface area (Å²) in [6.07, 6.45) is 1.02. The molecule has 10 heavy (non-hydrogen) atoms. The molecule has 60 valence electrons. The van der Waals surface area contributed by atoms with Crippen molar-refractivity contribution in [2.45, 2.75) is 18.9 Å². The van der Waals surface area contributed by atoms with Crippen molar-refractivity contribution in [1.29, 1.82) is 0 Å². The molecule has 0 bridgehead atoms. The molecule has 0 spiro atoms. The van der Waals surface area contributed by atoms with Crippen LogP contribution in [0.5, 0.6) is 0 Å². The van der Waals surface area contributed by atoms with E-state index in [1.165, 1.54) is 0 Å². The van der Waals surface area contributed by atoms with E-state index in [2.05, 4.69) is 5.32 Å². The first-order chi connectivity index (χ1) is 4.69. The molecule has 4 N–H and O–H groups in total. The fourth-order valence-electron chi connectivity index (χ4n) is 1.34. The first-order valence-corrected chi connectivity index (χ1v) is 3.82. The molecule has 0 aromatic rings. The molecule has 0 aromatic carbocycles. The first-order valence-electron chi connectivity index (χ1n) is 3.82. The smallest absolute Gasteiger partial charge is 0.0918 e. The van der Waals surface area contributed by atoms with Crippen LogP contribution in [-0.2, 0) is 0 Å². The van der Waals surface area contributed by atoms with Crippen LogP contribution in [0.4, 0.5) is 0 Å². The molecule has 3 heteroatoms. The summed E-state index contributed by atoms with van der Waals surface area (Å²) >= 11 is 0. The van der Waals surface area contributed by atoms with Crippen molar-refractivity contribution in [2.24, 2.45) is 11.7 Å². The van der Waals surface area contributed by atoms with Crippen LogP contribution in [0.1, 0.15) is 13.3 Å². The van der Waals surface area contributed by atoms with Crippen LogP contribution in [0.15, 0.2) is 0 Å². The maximum absolute atomic E-state index is 9.76. The Morgan fingerprint density at radius 3 is 2.90 bits per heavy atom. The quantitative estimate of drug-likeness (QED) is 0.456. The molecule has 1 aliphatic heterocycles. The van der Waals surface area contributed by atoms with Gasteiger partial charge in [0.1, 0.15) is 0 Å². The van der Waals surface area contributed by atoms with Gasteiger partial charge in [-0.05, 0) is 18.9 Å². The van der Waals surface area contributed by atoms with Crippen LogP contribution in [0.2, 0.25) is 0 Å². The van der Waals surface area contributed by atoms with Crippen LogP contribution in [-0.4, -0.2) is 30.3 Å². The monoisotopic (exact) mass is 144 g/mol. The van der Waals surface area contributed by atoms with Crippen molar-refractivity contribution in [1.82, 2.24) is 5.32 Å². The second-order valence-corrected chi connectivity index (χ2v) is 3.17. The maximum atomic E-state index is 9.76. The highest BCUT2D eigenvalue weighted by Crippen LogP contribution is 2.21. The summed E-state index contributed by atoms with van der Waals surface area (Å²) in [4.78, 5) is 0. The number of nitrogens with two attached hydrogens (primary N) is 1. The highest BCUT2D eigenvalue weighted by atomic mass is 16.3. The van der Waals surface area contributed by atoms with E-state index in [0.717, 1.165) is 13.0 Å². The summed E-state index contributed by atoms with van der Waals surface area (Å²) in [5, 5.41) is 12.9. The molecule has 0 amide bonds. The molecule has 1 heterocycles. The summed E-state index contributed by atoms with van der Waals surface area (Å²) in [6, 6.07) is 0. The van der Waals surface area contributed by atoms with Gasteiger partial charge in [0.15, 0.2) is 0 Å². The largest absolute Gasteiger partial charge is 0.387 e. The Hall–Kier alpha value is -0.120. The first kappa shape index (κ1) is 7.98. The zero-order chi connectivity index (χ0) is 7.61. The molecule has 0 aliphatic carbocycles. The Bertz CT molecular complexity index is 118. The van der Waals surface area contributed by atoms with Crippen LogP contribution in [0, 0.1) is 5.92 Å². The average Bonchev–Trinajstić information content (AvgIpc) is 1.96.